The Morgan fingerprint density at radius 3 is 2.31 bits per heavy atom. The molecule has 5 nitrogen and oxygen atoms in total. The second-order valence-electron chi connectivity index (χ2n) is 2.65. The second kappa shape index (κ2) is 3.93. The molecule has 1 rings (SSSR count). The Hall–Kier alpha value is -1.52. The third kappa shape index (κ3) is 2.21. The lowest BCUT2D eigenvalue weighted by Gasteiger charge is -2.19. The van der Waals surface area contributed by atoms with Gasteiger partial charge < -0.3 is 4.90 Å². The summed E-state index contributed by atoms with van der Waals surface area (Å²) in [6, 6.07) is 1.38. The van der Waals surface area contributed by atoms with Crippen LogP contribution in [0, 0.1) is 0 Å². The first-order valence-electron chi connectivity index (χ1n) is 4.26. The molecule has 1 aromatic heterocycles. The van der Waals surface area contributed by atoms with Crippen molar-refractivity contribution in [2.75, 3.05) is 18.0 Å². The van der Waals surface area contributed by atoms with Crippen LogP contribution in [0.3, 0.4) is 0 Å². The number of hydrogen-bond donors (Lipinski definition) is 2. The van der Waals surface area contributed by atoms with Gasteiger partial charge in [-0.25, -0.2) is 4.79 Å². The lowest BCUT2D eigenvalue weighted by Crippen LogP contribution is -2.30. The molecule has 0 unspecified atom stereocenters. The number of hydrogen-bond acceptors (Lipinski definition) is 3. The molecule has 0 atom stereocenters. The van der Waals surface area contributed by atoms with Crippen LogP contribution in [0.25, 0.3) is 0 Å². The van der Waals surface area contributed by atoms with Gasteiger partial charge in [-0.1, -0.05) is 0 Å². The minimum absolute atomic E-state index is 0.370. The predicted molar refractivity (Wildman–Crippen MR) is 51.2 cm³/mol. The SMILES string of the molecule is CCN(CC)c1cc(=O)[nH]c(=O)[nH]1. The van der Waals surface area contributed by atoms with Crippen LogP contribution in [0.2, 0.25) is 0 Å². The summed E-state index contributed by atoms with van der Waals surface area (Å²) >= 11 is 0. The number of anilines is 1. The van der Waals surface area contributed by atoms with E-state index in [1.54, 1.807) is 0 Å². The Morgan fingerprint density at radius 1 is 1.23 bits per heavy atom. The predicted octanol–water partition coefficient (Wildman–Crippen LogP) is -0.0906. The number of nitrogens with zero attached hydrogens (tertiary/aromatic N) is 1. The zero-order valence-corrected chi connectivity index (χ0v) is 7.76. The summed E-state index contributed by atoms with van der Waals surface area (Å²) in [5, 5.41) is 0. The first-order chi connectivity index (χ1) is 6.17. The van der Waals surface area contributed by atoms with E-state index >= 15 is 0 Å². The average Bonchev–Trinajstić information content (AvgIpc) is 2.04. The van der Waals surface area contributed by atoms with Crippen molar-refractivity contribution in [2.45, 2.75) is 13.8 Å². The molecule has 0 spiro atoms. The highest BCUT2D eigenvalue weighted by atomic mass is 16.2. The van der Waals surface area contributed by atoms with E-state index in [0.717, 1.165) is 13.1 Å². The lowest BCUT2D eigenvalue weighted by molar-refractivity contribution is 0.830. The topological polar surface area (TPSA) is 69.0 Å². The molecule has 0 amide bonds. The molecule has 1 heterocycles. The molecule has 0 aromatic carbocycles. The maximum absolute atomic E-state index is 10.9. The van der Waals surface area contributed by atoms with Crippen molar-refractivity contribution in [1.29, 1.82) is 0 Å². The minimum Gasteiger partial charge on any atom is -0.358 e. The van der Waals surface area contributed by atoms with Crippen molar-refractivity contribution >= 4 is 5.82 Å². The third-order valence-electron chi connectivity index (χ3n) is 1.85. The van der Waals surface area contributed by atoms with Gasteiger partial charge in [0.1, 0.15) is 5.82 Å². The molecule has 0 saturated heterocycles. The summed E-state index contributed by atoms with van der Waals surface area (Å²) in [5.74, 6) is 0.568. The number of rotatable bonds is 3. The van der Waals surface area contributed by atoms with Crippen LogP contribution in [0.1, 0.15) is 13.8 Å². The van der Waals surface area contributed by atoms with E-state index in [-0.39, 0.29) is 5.56 Å². The summed E-state index contributed by atoms with van der Waals surface area (Å²) in [5.41, 5.74) is -0.833. The van der Waals surface area contributed by atoms with Gasteiger partial charge in [0.25, 0.3) is 5.56 Å². The van der Waals surface area contributed by atoms with Gasteiger partial charge in [0.2, 0.25) is 0 Å². The lowest BCUT2D eigenvalue weighted by atomic mass is 10.4. The van der Waals surface area contributed by atoms with Crippen LogP contribution in [0.15, 0.2) is 15.7 Å². The molecule has 0 bridgehead atoms. The Labute approximate surface area is 75.4 Å². The van der Waals surface area contributed by atoms with E-state index in [4.69, 9.17) is 0 Å². The summed E-state index contributed by atoms with van der Waals surface area (Å²) in [4.78, 5) is 28.4. The molecular weight excluding hydrogens is 170 g/mol. The van der Waals surface area contributed by atoms with Crippen LogP contribution in [-0.2, 0) is 0 Å². The molecule has 0 radical (unpaired) electrons. The van der Waals surface area contributed by atoms with E-state index in [0.29, 0.717) is 5.82 Å². The van der Waals surface area contributed by atoms with E-state index in [1.165, 1.54) is 6.07 Å². The molecule has 2 N–H and O–H groups in total. The maximum atomic E-state index is 10.9. The smallest absolute Gasteiger partial charge is 0.327 e. The fourth-order valence-corrected chi connectivity index (χ4v) is 1.19. The summed E-state index contributed by atoms with van der Waals surface area (Å²) in [6.45, 7) is 5.44. The second-order valence-corrected chi connectivity index (χ2v) is 2.65. The van der Waals surface area contributed by atoms with E-state index in [2.05, 4.69) is 9.97 Å². The van der Waals surface area contributed by atoms with Gasteiger partial charge in [-0.2, -0.15) is 0 Å². The zero-order chi connectivity index (χ0) is 9.84. The van der Waals surface area contributed by atoms with Gasteiger partial charge in [0.05, 0.1) is 0 Å². The van der Waals surface area contributed by atoms with Gasteiger partial charge in [-0.3, -0.25) is 14.8 Å². The highest BCUT2D eigenvalue weighted by Crippen LogP contribution is 2.02. The van der Waals surface area contributed by atoms with Gasteiger partial charge in [0, 0.05) is 19.2 Å². The van der Waals surface area contributed by atoms with Crippen LogP contribution in [-0.4, -0.2) is 23.1 Å². The molecule has 1 aromatic rings. The molecule has 0 fully saturated rings. The summed E-state index contributed by atoms with van der Waals surface area (Å²) in [6.07, 6.45) is 0. The Morgan fingerprint density at radius 2 is 1.85 bits per heavy atom. The molecule has 72 valence electrons. The Bertz CT molecular complexity index is 347. The van der Waals surface area contributed by atoms with Crippen molar-refractivity contribution in [2.24, 2.45) is 0 Å². The molecular formula is C8H13N3O2. The van der Waals surface area contributed by atoms with Crippen LogP contribution >= 0.6 is 0 Å². The Balaban J connectivity index is 3.13. The molecule has 0 saturated carbocycles. The van der Waals surface area contributed by atoms with Crippen LogP contribution < -0.4 is 16.1 Å². The first kappa shape index (κ1) is 9.57. The molecule has 5 heteroatoms. The van der Waals surface area contributed by atoms with Crippen LogP contribution in [0.5, 0.6) is 0 Å². The van der Waals surface area contributed by atoms with Crippen molar-refractivity contribution < 1.29 is 0 Å². The maximum Gasteiger partial charge on any atom is 0.327 e. The standard InChI is InChI=1S/C8H13N3O2/c1-3-11(4-2)6-5-7(12)10-8(13)9-6/h5H,3-4H2,1-2H3,(H2,9,10,12,13). The minimum atomic E-state index is -0.464. The fourth-order valence-electron chi connectivity index (χ4n) is 1.19. The summed E-state index contributed by atoms with van der Waals surface area (Å²) < 4.78 is 0. The monoisotopic (exact) mass is 183 g/mol. The largest absolute Gasteiger partial charge is 0.358 e. The highest BCUT2D eigenvalue weighted by molar-refractivity contribution is 5.35. The van der Waals surface area contributed by atoms with Crippen molar-refractivity contribution in [1.82, 2.24) is 9.97 Å². The van der Waals surface area contributed by atoms with Crippen LogP contribution in [0.4, 0.5) is 5.82 Å². The van der Waals surface area contributed by atoms with Crippen molar-refractivity contribution in [3.8, 4) is 0 Å². The van der Waals surface area contributed by atoms with Gasteiger partial charge in [-0.05, 0) is 13.8 Å². The number of aromatic amines is 2. The first-order valence-corrected chi connectivity index (χ1v) is 4.26. The molecule has 13 heavy (non-hydrogen) atoms. The molecule has 0 aliphatic rings. The molecule has 0 aliphatic heterocycles. The number of H-pyrrole nitrogens is 2. The van der Waals surface area contributed by atoms with E-state index in [1.807, 2.05) is 18.7 Å². The number of nitrogens with one attached hydrogen (secondary N) is 2. The van der Waals surface area contributed by atoms with Gasteiger partial charge in [-0.15, -0.1) is 0 Å². The van der Waals surface area contributed by atoms with E-state index in [9.17, 15) is 9.59 Å². The normalized spacial score (nSPS) is 10.0. The van der Waals surface area contributed by atoms with Gasteiger partial charge >= 0.3 is 5.69 Å². The fraction of sp³-hybridized carbons (Fsp3) is 0.500. The quantitative estimate of drug-likeness (QED) is 0.688. The van der Waals surface area contributed by atoms with Crippen molar-refractivity contribution in [3.05, 3.63) is 26.9 Å². The average molecular weight is 183 g/mol. The highest BCUT2D eigenvalue weighted by Gasteiger charge is 2.02. The van der Waals surface area contributed by atoms with Gasteiger partial charge in [0.15, 0.2) is 0 Å². The molecule has 0 aliphatic carbocycles. The number of aromatic nitrogens is 2. The van der Waals surface area contributed by atoms with E-state index < -0.39 is 5.69 Å². The summed E-state index contributed by atoms with van der Waals surface area (Å²) in [7, 11) is 0. The third-order valence-corrected chi connectivity index (χ3v) is 1.85. The zero-order valence-electron chi connectivity index (χ0n) is 7.76. The Kier molecular flexibility index (Phi) is 2.89. The van der Waals surface area contributed by atoms with Crippen molar-refractivity contribution in [3.63, 3.8) is 0 Å².